The number of oxime groups is 1. The van der Waals surface area contributed by atoms with E-state index in [0.29, 0.717) is 6.42 Å². The summed E-state index contributed by atoms with van der Waals surface area (Å²) in [5.74, 6) is 0.0741. The first-order valence-corrected chi connectivity index (χ1v) is 4.12. The second-order valence-electron chi connectivity index (χ2n) is 2.40. The van der Waals surface area contributed by atoms with Crippen molar-refractivity contribution in [2.75, 3.05) is 0 Å². The van der Waals surface area contributed by atoms with Gasteiger partial charge in [0.25, 0.3) is 0 Å². The minimum atomic E-state index is 0.0741. The quantitative estimate of drug-likeness (QED) is 0.681. The third-order valence-corrected chi connectivity index (χ3v) is 1.69. The molecule has 0 aliphatic heterocycles. The maximum Gasteiger partial charge on any atom is 0.215 e. The summed E-state index contributed by atoms with van der Waals surface area (Å²) in [6, 6.07) is 0. The summed E-state index contributed by atoms with van der Waals surface area (Å²) in [6.45, 7) is 1.54. The molecule has 0 saturated heterocycles. The van der Waals surface area contributed by atoms with Crippen molar-refractivity contribution < 1.29 is 8.72 Å². The Hall–Kier alpha value is -0.900. The van der Waals surface area contributed by atoms with Gasteiger partial charge in [-0.2, -0.15) is 0 Å². The van der Waals surface area contributed by atoms with Gasteiger partial charge in [0.2, 0.25) is 16.3 Å². The predicted molar refractivity (Wildman–Crippen MR) is 50.0 cm³/mol. The number of nitrogens with zero attached hydrogens (tertiary/aromatic N) is 1. The maximum atomic E-state index is 10.9. The van der Waals surface area contributed by atoms with Crippen LogP contribution in [0.15, 0.2) is 29.0 Å². The van der Waals surface area contributed by atoms with Gasteiger partial charge < -0.3 is 3.93 Å². The first-order chi connectivity index (χ1) is 5.74. The fourth-order valence-electron chi connectivity index (χ4n) is 0.910. The molecule has 0 radical (unpaired) electrons. The molecule has 12 heavy (non-hydrogen) atoms. The van der Waals surface area contributed by atoms with Gasteiger partial charge in [0.15, 0.2) is 5.78 Å². The van der Waals surface area contributed by atoms with Gasteiger partial charge in [0.1, 0.15) is 0 Å². The van der Waals surface area contributed by atoms with Gasteiger partial charge in [0, 0.05) is 12.0 Å². The van der Waals surface area contributed by atoms with Crippen molar-refractivity contribution in [3.05, 3.63) is 23.8 Å². The van der Waals surface area contributed by atoms with Crippen LogP contribution in [-0.2, 0) is 8.72 Å². The highest BCUT2D eigenvalue weighted by atomic mass is 79.9. The maximum absolute atomic E-state index is 10.9. The van der Waals surface area contributed by atoms with Crippen LogP contribution in [-0.4, -0.2) is 11.5 Å². The number of rotatable bonds is 2. The fourth-order valence-corrected chi connectivity index (χ4v) is 1.10. The lowest BCUT2D eigenvalue weighted by molar-refractivity contribution is -0.113. The Kier molecular flexibility index (Phi) is 3.22. The van der Waals surface area contributed by atoms with Crippen LogP contribution in [0, 0.1) is 0 Å². The molecule has 64 valence electrons. The molecule has 0 heterocycles. The standard InChI is InChI=1S/C8H8BrNO2/c1-6(11)7-2-4-8(5-3-7)10-12-9/h2-4H,5H2,1H3. The number of ketones is 1. The van der Waals surface area contributed by atoms with E-state index < -0.39 is 0 Å². The van der Waals surface area contributed by atoms with Crippen LogP contribution in [0.1, 0.15) is 13.3 Å². The van der Waals surface area contributed by atoms with E-state index in [4.69, 9.17) is 0 Å². The Morgan fingerprint density at radius 1 is 1.67 bits per heavy atom. The molecule has 0 spiro atoms. The van der Waals surface area contributed by atoms with Crippen molar-refractivity contribution in [3.63, 3.8) is 0 Å². The number of allylic oxidation sites excluding steroid dienone is 4. The van der Waals surface area contributed by atoms with Crippen LogP contribution in [0.2, 0.25) is 0 Å². The molecule has 3 nitrogen and oxygen atoms in total. The zero-order valence-corrected chi connectivity index (χ0v) is 8.17. The molecule has 0 bridgehead atoms. The molecule has 0 saturated carbocycles. The van der Waals surface area contributed by atoms with Crippen molar-refractivity contribution in [1.29, 1.82) is 0 Å². The highest BCUT2D eigenvalue weighted by molar-refractivity contribution is 9.05. The molecule has 0 aromatic heterocycles. The average molecular weight is 230 g/mol. The number of carbonyl (C=O) groups excluding carboxylic acids is 1. The van der Waals surface area contributed by atoms with E-state index in [9.17, 15) is 4.79 Å². The van der Waals surface area contributed by atoms with Gasteiger partial charge in [0.05, 0.1) is 5.71 Å². The van der Waals surface area contributed by atoms with Gasteiger partial charge in [-0.15, -0.1) is 0 Å². The van der Waals surface area contributed by atoms with Gasteiger partial charge in [-0.1, -0.05) is 11.2 Å². The van der Waals surface area contributed by atoms with E-state index >= 15 is 0 Å². The summed E-state index contributed by atoms with van der Waals surface area (Å²) in [5.41, 5.74) is 1.51. The van der Waals surface area contributed by atoms with Gasteiger partial charge in [-0.3, -0.25) is 4.79 Å². The van der Waals surface area contributed by atoms with Crippen LogP contribution in [0.3, 0.4) is 0 Å². The molecular weight excluding hydrogens is 222 g/mol. The molecule has 0 amide bonds. The first kappa shape index (κ1) is 9.19. The summed E-state index contributed by atoms with van der Waals surface area (Å²) in [7, 11) is 0. The fraction of sp³-hybridized carbons (Fsp3) is 0.250. The summed E-state index contributed by atoms with van der Waals surface area (Å²) >= 11 is 2.72. The van der Waals surface area contributed by atoms with Crippen molar-refractivity contribution in [2.24, 2.45) is 5.16 Å². The van der Waals surface area contributed by atoms with Gasteiger partial charge in [-0.25, -0.2) is 0 Å². The summed E-state index contributed by atoms with van der Waals surface area (Å²) < 4.78 is 4.41. The molecule has 0 unspecified atom stereocenters. The predicted octanol–water partition coefficient (Wildman–Crippen LogP) is 2.14. The summed E-state index contributed by atoms with van der Waals surface area (Å²) in [5, 5.41) is 3.67. The Bertz CT molecular complexity index is 279. The number of hydrogen-bond donors (Lipinski definition) is 0. The average Bonchev–Trinajstić information content (AvgIpc) is 2.06. The van der Waals surface area contributed by atoms with E-state index in [1.165, 1.54) is 0 Å². The van der Waals surface area contributed by atoms with Crippen molar-refractivity contribution in [3.8, 4) is 0 Å². The lowest BCUT2D eigenvalue weighted by Gasteiger charge is -2.03. The smallest absolute Gasteiger partial charge is 0.215 e. The highest BCUT2D eigenvalue weighted by Gasteiger charge is 2.05. The molecule has 0 fully saturated rings. The zero-order valence-electron chi connectivity index (χ0n) is 6.58. The Labute approximate surface area is 79.2 Å². The van der Waals surface area contributed by atoms with Crippen LogP contribution >= 0.6 is 16.3 Å². The molecule has 0 N–H and O–H groups in total. The lowest BCUT2D eigenvalue weighted by Crippen LogP contribution is -2.02. The van der Waals surface area contributed by atoms with E-state index in [1.807, 2.05) is 6.08 Å². The number of hydrogen-bond acceptors (Lipinski definition) is 3. The minimum Gasteiger partial charge on any atom is -0.315 e. The van der Waals surface area contributed by atoms with E-state index in [1.54, 1.807) is 19.1 Å². The lowest BCUT2D eigenvalue weighted by atomic mass is 10.0. The summed E-state index contributed by atoms with van der Waals surface area (Å²) in [6.07, 6.45) is 5.96. The Balaban J connectivity index is 2.68. The summed E-state index contributed by atoms with van der Waals surface area (Å²) in [4.78, 5) is 10.9. The molecule has 0 aromatic rings. The normalized spacial score (nSPS) is 19.2. The molecule has 1 rings (SSSR count). The van der Waals surface area contributed by atoms with Gasteiger partial charge >= 0.3 is 0 Å². The first-order valence-electron chi connectivity index (χ1n) is 3.48. The van der Waals surface area contributed by atoms with Crippen LogP contribution in [0.5, 0.6) is 0 Å². The third-order valence-electron chi connectivity index (χ3n) is 1.54. The topological polar surface area (TPSA) is 38.7 Å². The number of Topliss-reactive ketones (excluding diaryl/α,β-unsaturated/α-hetero) is 1. The zero-order chi connectivity index (χ0) is 8.97. The van der Waals surface area contributed by atoms with Crippen molar-refractivity contribution in [2.45, 2.75) is 13.3 Å². The molecular formula is C8H8BrNO2. The second kappa shape index (κ2) is 4.21. The molecule has 1 aliphatic rings. The number of halogens is 1. The van der Waals surface area contributed by atoms with Gasteiger partial charge in [-0.05, 0) is 19.1 Å². The second-order valence-corrected chi connectivity index (χ2v) is 2.69. The molecule has 0 aromatic carbocycles. The number of carbonyl (C=O) groups is 1. The van der Waals surface area contributed by atoms with Crippen molar-refractivity contribution in [1.82, 2.24) is 0 Å². The monoisotopic (exact) mass is 229 g/mol. The highest BCUT2D eigenvalue weighted by Crippen LogP contribution is 2.09. The molecule has 0 atom stereocenters. The largest absolute Gasteiger partial charge is 0.315 e. The minimum absolute atomic E-state index is 0.0741. The van der Waals surface area contributed by atoms with Crippen LogP contribution in [0.4, 0.5) is 0 Å². The Morgan fingerprint density at radius 2 is 2.42 bits per heavy atom. The van der Waals surface area contributed by atoms with E-state index in [0.717, 1.165) is 11.3 Å². The van der Waals surface area contributed by atoms with Crippen LogP contribution in [0.25, 0.3) is 0 Å². The molecule has 4 heteroatoms. The van der Waals surface area contributed by atoms with E-state index in [-0.39, 0.29) is 5.78 Å². The van der Waals surface area contributed by atoms with Crippen LogP contribution < -0.4 is 0 Å². The SMILES string of the molecule is CC(=O)C1=CCC(=NOBr)C=C1. The third kappa shape index (κ3) is 2.30. The molecule has 1 aliphatic carbocycles. The van der Waals surface area contributed by atoms with Crippen molar-refractivity contribution >= 4 is 27.8 Å². The Morgan fingerprint density at radius 3 is 2.83 bits per heavy atom. The van der Waals surface area contributed by atoms with E-state index in [2.05, 4.69) is 25.3 Å².